The second-order valence-electron chi connectivity index (χ2n) is 14.7. The highest BCUT2D eigenvalue weighted by atomic mass is 79.9. The fraction of sp³-hybridized carbons (Fsp3) is 0.192. The van der Waals surface area contributed by atoms with Gasteiger partial charge in [-0.1, -0.05) is 127 Å². The molecule has 1 N–H and O–H groups in total. The van der Waals surface area contributed by atoms with Gasteiger partial charge < -0.3 is 43.0 Å². The second kappa shape index (κ2) is 19.8. The average molecular weight is 896 g/mol. The van der Waals surface area contributed by atoms with Crippen LogP contribution in [-0.2, 0) is 26.4 Å². The van der Waals surface area contributed by atoms with Gasteiger partial charge in [-0.25, -0.2) is 0 Å². The van der Waals surface area contributed by atoms with Crippen LogP contribution in [0.15, 0.2) is 162 Å². The monoisotopic (exact) mass is 894 g/mol. The zero-order valence-electron chi connectivity index (χ0n) is 34.7. The highest BCUT2D eigenvalue weighted by Gasteiger charge is 2.46. The van der Waals surface area contributed by atoms with E-state index in [0.717, 1.165) is 22.3 Å². The second-order valence-corrected chi connectivity index (χ2v) is 15.5. The molecule has 62 heavy (non-hydrogen) atoms. The first-order valence-corrected chi connectivity index (χ1v) is 21.0. The molecular weight excluding hydrogens is 848 g/mol. The summed E-state index contributed by atoms with van der Waals surface area (Å²) in [5.74, 6) is 3.00. The van der Waals surface area contributed by atoms with E-state index < -0.39 is 18.1 Å². The molecule has 0 fully saturated rings. The van der Waals surface area contributed by atoms with Gasteiger partial charge in [0.15, 0.2) is 17.6 Å². The molecule has 316 valence electrons. The topological polar surface area (TPSA) is 94.1 Å². The lowest BCUT2D eigenvalue weighted by Crippen LogP contribution is -2.36. The van der Waals surface area contributed by atoms with E-state index in [4.69, 9.17) is 37.9 Å². The number of halogens is 1. The van der Waals surface area contributed by atoms with Crippen LogP contribution in [0.2, 0.25) is 0 Å². The fourth-order valence-corrected chi connectivity index (χ4v) is 8.11. The quantitative estimate of drug-likeness (QED) is 0.0959. The molecule has 0 unspecified atom stereocenters. The van der Waals surface area contributed by atoms with E-state index in [9.17, 15) is 5.11 Å². The molecule has 0 aliphatic carbocycles. The lowest BCUT2D eigenvalue weighted by atomic mass is 9.78. The Morgan fingerprint density at radius 2 is 0.919 bits per heavy atom. The van der Waals surface area contributed by atoms with Gasteiger partial charge in [0.25, 0.3) is 0 Å². The molecule has 0 saturated heterocycles. The van der Waals surface area contributed by atoms with Crippen molar-refractivity contribution >= 4 is 15.9 Å². The molecule has 0 radical (unpaired) electrons. The number of methoxy groups -OCH3 is 3. The van der Waals surface area contributed by atoms with Crippen molar-refractivity contribution in [1.82, 2.24) is 0 Å². The van der Waals surface area contributed by atoms with Gasteiger partial charge in [-0.05, 0) is 55.9 Å². The number of benzene rings is 7. The van der Waals surface area contributed by atoms with Crippen molar-refractivity contribution in [3.8, 4) is 46.0 Å². The number of rotatable bonds is 17. The summed E-state index contributed by atoms with van der Waals surface area (Å²) in [6.45, 7) is 1.16. The Balaban J connectivity index is 1.27. The molecule has 3 atom stereocenters. The third-order valence-electron chi connectivity index (χ3n) is 10.7. The van der Waals surface area contributed by atoms with Crippen molar-refractivity contribution < 1.29 is 43.0 Å². The van der Waals surface area contributed by atoms with Crippen LogP contribution in [0, 0.1) is 0 Å². The van der Waals surface area contributed by atoms with E-state index in [2.05, 4.69) is 15.9 Å². The Labute approximate surface area is 370 Å². The Kier molecular flexibility index (Phi) is 13.5. The van der Waals surface area contributed by atoms with Crippen LogP contribution < -0.4 is 37.9 Å². The van der Waals surface area contributed by atoms with Crippen molar-refractivity contribution in [2.45, 2.75) is 44.6 Å². The lowest BCUT2D eigenvalue weighted by molar-refractivity contribution is 0.00541. The first-order chi connectivity index (χ1) is 30.4. The maximum Gasteiger partial charge on any atom is 0.162 e. The minimum Gasteiger partial charge on any atom is -0.496 e. The molecule has 9 nitrogen and oxygen atoms in total. The Morgan fingerprint density at radius 3 is 1.39 bits per heavy atom. The first-order valence-electron chi connectivity index (χ1n) is 20.3. The molecule has 0 saturated carbocycles. The van der Waals surface area contributed by atoms with E-state index in [1.54, 1.807) is 33.5 Å². The van der Waals surface area contributed by atoms with E-state index >= 15 is 0 Å². The van der Waals surface area contributed by atoms with Crippen LogP contribution in [0.25, 0.3) is 0 Å². The summed E-state index contributed by atoms with van der Waals surface area (Å²) in [5, 5.41) is 12.9. The fourth-order valence-electron chi connectivity index (χ4n) is 7.57. The van der Waals surface area contributed by atoms with Gasteiger partial charge in [0.2, 0.25) is 0 Å². The van der Waals surface area contributed by atoms with Gasteiger partial charge in [-0.2, -0.15) is 0 Å². The summed E-state index contributed by atoms with van der Waals surface area (Å²) in [5.41, 5.74) is 5.75. The third-order valence-corrected chi connectivity index (χ3v) is 11.5. The molecule has 0 aromatic heterocycles. The highest BCUT2D eigenvalue weighted by Crippen LogP contribution is 2.58. The number of fused-ring (bicyclic) bond motifs is 1. The normalized spacial score (nSPS) is 15.4. The number of aliphatic hydroxyl groups excluding tert-OH is 1. The van der Waals surface area contributed by atoms with Gasteiger partial charge in [0.05, 0.1) is 27.2 Å². The first kappa shape index (κ1) is 42.1. The molecule has 7 aromatic rings. The summed E-state index contributed by atoms with van der Waals surface area (Å²) < 4.78 is 51.4. The van der Waals surface area contributed by atoms with E-state index in [1.807, 2.05) is 146 Å². The minimum atomic E-state index is -1.22. The summed E-state index contributed by atoms with van der Waals surface area (Å²) in [6.07, 6.45) is -2.17. The zero-order valence-corrected chi connectivity index (χ0v) is 36.2. The smallest absolute Gasteiger partial charge is 0.162 e. The van der Waals surface area contributed by atoms with Crippen LogP contribution in [0.3, 0.4) is 0 Å². The Hall–Kier alpha value is -6.62. The zero-order chi connectivity index (χ0) is 42.8. The van der Waals surface area contributed by atoms with Crippen LogP contribution in [0.4, 0.5) is 0 Å². The predicted octanol–water partition coefficient (Wildman–Crippen LogP) is 11.4. The maximum atomic E-state index is 12.9. The van der Waals surface area contributed by atoms with Gasteiger partial charge >= 0.3 is 0 Å². The summed E-state index contributed by atoms with van der Waals surface area (Å²) >= 11 is 3.89. The molecule has 1 aliphatic heterocycles. The van der Waals surface area contributed by atoms with Crippen molar-refractivity contribution in [3.05, 3.63) is 201 Å². The van der Waals surface area contributed by atoms with E-state index in [0.29, 0.717) is 87.0 Å². The maximum absolute atomic E-state index is 12.9. The lowest BCUT2D eigenvalue weighted by Gasteiger charge is -2.40. The molecule has 8 rings (SSSR count). The van der Waals surface area contributed by atoms with Crippen molar-refractivity contribution in [3.63, 3.8) is 0 Å². The number of ether oxygens (including phenoxy) is 8. The van der Waals surface area contributed by atoms with Crippen molar-refractivity contribution in [2.75, 3.05) is 21.3 Å². The largest absolute Gasteiger partial charge is 0.496 e. The Morgan fingerprint density at radius 1 is 0.468 bits per heavy atom. The molecule has 1 heterocycles. The van der Waals surface area contributed by atoms with Crippen LogP contribution in [-0.4, -0.2) is 32.5 Å². The summed E-state index contributed by atoms with van der Waals surface area (Å²) in [7, 11) is 4.74. The number of hydrogen-bond acceptors (Lipinski definition) is 9. The standard InChI is InChI=1S/C52H47BrO9/c1-55-39-27-42(56-2)46(43(28-39)57-3)48-47-44(60-32-36-20-12-6-13-21-36)29-45(61-33-37-22-14-7-15-23-37)49(53)52(47)62-51(50(48)54)38-24-25-40(58-30-34-16-8-4-9-17-34)41(26-38)59-31-35-18-10-5-11-19-35/h4-29,48,50-51,54H,30-33H2,1-3H3/t48-,50-,51+/m0/s1. The SMILES string of the molecule is COc1cc(OC)c([C@H]2c3c(OCc4ccccc4)cc(OCc4ccccc4)c(Br)c3O[C@H](c3ccc(OCc4ccccc4)c(OCc4ccccc4)c3)[C@H]2O)c(OC)c1. The van der Waals surface area contributed by atoms with Gasteiger partial charge in [-0.15, -0.1) is 0 Å². The van der Waals surface area contributed by atoms with Crippen LogP contribution >= 0.6 is 15.9 Å². The average Bonchev–Trinajstić information content (AvgIpc) is 3.33. The summed E-state index contributed by atoms with van der Waals surface area (Å²) in [6, 6.07) is 50.7. The van der Waals surface area contributed by atoms with E-state index in [1.165, 1.54) is 0 Å². The molecule has 0 spiro atoms. The van der Waals surface area contributed by atoms with Crippen LogP contribution in [0.5, 0.6) is 46.0 Å². The predicted molar refractivity (Wildman–Crippen MR) is 241 cm³/mol. The van der Waals surface area contributed by atoms with Gasteiger partial charge in [-0.3, -0.25) is 0 Å². The van der Waals surface area contributed by atoms with Gasteiger partial charge in [0, 0.05) is 29.3 Å². The number of aliphatic hydroxyl groups is 1. The van der Waals surface area contributed by atoms with Crippen LogP contribution in [0.1, 0.15) is 51.0 Å². The van der Waals surface area contributed by atoms with Crippen molar-refractivity contribution in [2.24, 2.45) is 0 Å². The minimum absolute atomic E-state index is 0.239. The molecule has 1 aliphatic rings. The molecule has 7 aromatic carbocycles. The molecular formula is C52H47BrO9. The molecule has 0 bridgehead atoms. The third kappa shape index (κ3) is 9.47. The van der Waals surface area contributed by atoms with Crippen molar-refractivity contribution in [1.29, 1.82) is 0 Å². The Bertz CT molecular complexity index is 2530. The van der Waals surface area contributed by atoms with E-state index in [-0.39, 0.29) is 6.61 Å². The van der Waals surface area contributed by atoms with Gasteiger partial charge in [0.1, 0.15) is 71.5 Å². The number of hydrogen-bond donors (Lipinski definition) is 1. The molecule has 10 heteroatoms. The molecule has 0 amide bonds. The highest BCUT2D eigenvalue weighted by molar-refractivity contribution is 9.10. The summed E-state index contributed by atoms with van der Waals surface area (Å²) in [4.78, 5) is 0.